The molecular weight excluding hydrogens is 361 g/mol. The van der Waals surface area contributed by atoms with Gasteiger partial charge in [-0.3, -0.25) is 9.69 Å². The van der Waals surface area contributed by atoms with Crippen molar-refractivity contribution in [2.75, 3.05) is 13.1 Å². The standard InChI is InChI=1S/C21H22FN3OS/c1-2-25(14-20(26)23-12-16-8-10-18(22)11-9-16)13-19-15-27-21(24-19)17-6-4-3-5-7-17/h3-11,15H,2,12-14H2,1H3,(H,23,26). The number of halogens is 1. The third kappa shape index (κ3) is 5.70. The van der Waals surface area contributed by atoms with Crippen molar-refractivity contribution in [2.45, 2.75) is 20.0 Å². The van der Waals surface area contributed by atoms with Crippen molar-refractivity contribution in [3.05, 3.63) is 77.1 Å². The molecule has 1 N–H and O–H groups in total. The molecule has 3 rings (SSSR count). The maximum absolute atomic E-state index is 12.9. The van der Waals surface area contributed by atoms with E-state index in [0.717, 1.165) is 28.4 Å². The van der Waals surface area contributed by atoms with E-state index in [-0.39, 0.29) is 11.7 Å². The van der Waals surface area contributed by atoms with Crippen LogP contribution in [0, 0.1) is 5.82 Å². The second-order valence-electron chi connectivity index (χ2n) is 6.22. The number of carbonyl (C=O) groups is 1. The van der Waals surface area contributed by atoms with Gasteiger partial charge < -0.3 is 5.32 Å². The Kier molecular flexibility index (Phi) is 6.68. The second-order valence-corrected chi connectivity index (χ2v) is 7.07. The summed E-state index contributed by atoms with van der Waals surface area (Å²) in [6.45, 7) is 4.10. The van der Waals surface area contributed by atoms with Crippen LogP contribution in [0.25, 0.3) is 10.6 Å². The fourth-order valence-electron chi connectivity index (χ4n) is 2.66. The summed E-state index contributed by atoms with van der Waals surface area (Å²) in [6, 6.07) is 16.2. The molecule has 27 heavy (non-hydrogen) atoms. The predicted octanol–water partition coefficient (Wildman–Crippen LogP) is 4.09. The first kappa shape index (κ1) is 19.2. The monoisotopic (exact) mass is 383 g/mol. The van der Waals surface area contributed by atoms with Gasteiger partial charge in [0.25, 0.3) is 0 Å². The van der Waals surface area contributed by atoms with Crippen LogP contribution in [0.1, 0.15) is 18.2 Å². The van der Waals surface area contributed by atoms with Gasteiger partial charge in [-0.25, -0.2) is 9.37 Å². The largest absolute Gasteiger partial charge is 0.351 e. The van der Waals surface area contributed by atoms with Crippen molar-refractivity contribution >= 4 is 17.2 Å². The Morgan fingerprint density at radius 1 is 1.15 bits per heavy atom. The molecule has 1 amide bonds. The Balaban J connectivity index is 1.52. The molecular formula is C21H22FN3OS. The van der Waals surface area contributed by atoms with E-state index in [1.807, 2.05) is 47.5 Å². The Morgan fingerprint density at radius 2 is 1.89 bits per heavy atom. The van der Waals surface area contributed by atoms with Crippen LogP contribution >= 0.6 is 11.3 Å². The number of aromatic nitrogens is 1. The molecule has 0 saturated heterocycles. The van der Waals surface area contributed by atoms with Crippen LogP contribution in [0.3, 0.4) is 0 Å². The van der Waals surface area contributed by atoms with Gasteiger partial charge in [-0.1, -0.05) is 49.4 Å². The van der Waals surface area contributed by atoms with E-state index in [9.17, 15) is 9.18 Å². The minimum atomic E-state index is -0.277. The molecule has 0 saturated carbocycles. The summed E-state index contributed by atoms with van der Waals surface area (Å²) in [6.07, 6.45) is 0. The van der Waals surface area contributed by atoms with E-state index in [0.29, 0.717) is 19.6 Å². The summed E-state index contributed by atoms with van der Waals surface area (Å²) in [5.74, 6) is -0.333. The maximum atomic E-state index is 12.9. The van der Waals surface area contributed by atoms with Crippen LogP contribution in [0.15, 0.2) is 60.0 Å². The fourth-order valence-corrected chi connectivity index (χ4v) is 3.48. The van der Waals surface area contributed by atoms with E-state index in [1.165, 1.54) is 12.1 Å². The zero-order valence-corrected chi connectivity index (χ0v) is 16.0. The molecule has 0 bridgehead atoms. The molecule has 6 heteroatoms. The van der Waals surface area contributed by atoms with Gasteiger partial charge in [-0.15, -0.1) is 11.3 Å². The highest BCUT2D eigenvalue weighted by molar-refractivity contribution is 7.13. The van der Waals surface area contributed by atoms with Crippen LogP contribution in [0.2, 0.25) is 0 Å². The summed E-state index contributed by atoms with van der Waals surface area (Å²) >= 11 is 1.61. The van der Waals surface area contributed by atoms with Crippen molar-refractivity contribution < 1.29 is 9.18 Å². The topological polar surface area (TPSA) is 45.2 Å². The smallest absolute Gasteiger partial charge is 0.234 e. The third-order valence-corrected chi connectivity index (χ3v) is 5.12. The van der Waals surface area contributed by atoms with Crippen molar-refractivity contribution in [2.24, 2.45) is 0 Å². The van der Waals surface area contributed by atoms with Crippen LogP contribution in [0.4, 0.5) is 4.39 Å². The first-order valence-corrected chi connectivity index (χ1v) is 9.75. The molecule has 0 aliphatic heterocycles. The number of rotatable bonds is 8. The molecule has 0 radical (unpaired) electrons. The molecule has 140 valence electrons. The number of benzene rings is 2. The van der Waals surface area contributed by atoms with Crippen LogP contribution in [-0.4, -0.2) is 28.9 Å². The normalized spacial score (nSPS) is 10.9. The van der Waals surface area contributed by atoms with E-state index in [4.69, 9.17) is 0 Å². The van der Waals surface area contributed by atoms with Gasteiger partial charge in [0, 0.05) is 24.0 Å². The minimum Gasteiger partial charge on any atom is -0.351 e. The first-order valence-electron chi connectivity index (χ1n) is 8.87. The van der Waals surface area contributed by atoms with Gasteiger partial charge >= 0.3 is 0 Å². The third-order valence-electron chi connectivity index (χ3n) is 4.18. The highest BCUT2D eigenvalue weighted by Crippen LogP contribution is 2.23. The maximum Gasteiger partial charge on any atom is 0.234 e. The molecule has 0 atom stereocenters. The van der Waals surface area contributed by atoms with E-state index in [1.54, 1.807) is 23.5 Å². The minimum absolute atomic E-state index is 0.0558. The van der Waals surface area contributed by atoms with Gasteiger partial charge in [0.1, 0.15) is 10.8 Å². The van der Waals surface area contributed by atoms with E-state index >= 15 is 0 Å². The van der Waals surface area contributed by atoms with E-state index < -0.39 is 0 Å². The molecule has 0 unspecified atom stereocenters. The lowest BCUT2D eigenvalue weighted by Gasteiger charge is -2.18. The van der Waals surface area contributed by atoms with Gasteiger partial charge in [-0.2, -0.15) is 0 Å². The Hall–Kier alpha value is -2.57. The van der Waals surface area contributed by atoms with Gasteiger partial charge in [0.05, 0.1) is 12.2 Å². The summed E-state index contributed by atoms with van der Waals surface area (Å²) in [4.78, 5) is 19.0. The number of hydrogen-bond acceptors (Lipinski definition) is 4. The summed E-state index contributed by atoms with van der Waals surface area (Å²) in [5.41, 5.74) is 2.95. The zero-order valence-electron chi connectivity index (χ0n) is 15.2. The number of carbonyl (C=O) groups excluding carboxylic acids is 1. The second kappa shape index (κ2) is 9.39. The number of amides is 1. The summed E-state index contributed by atoms with van der Waals surface area (Å²) in [5, 5.41) is 5.91. The van der Waals surface area contributed by atoms with Gasteiger partial charge in [-0.05, 0) is 24.2 Å². The lowest BCUT2D eigenvalue weighted by atomic mass is 10.2. The number of nitrogens with zero attached hydrogens (tertiary/aromatic N) is 2. The molecule has 0 aliphatic rings. The molecule has 0 spiro atoms. The molecule has 3 aromatic rings. The van der Waals surface area contributed by atoms with Crippen molar-refractivity contribution in [1.29, 1.82) is 0 Å². The summed E-state index contributed by atoms with van der Waals surface area (Å²) in [7, 11) is 0. The number of nitrogens with one attached hydrogen (secondary N) is 1. The average molecular weight is 383 g/mol. The quantitative estimate of drug-likeness (QED) is 0.637. The molecule has 4 nitrogen and oxygen atoms in total. The highest BCUT2D eigenvalue weighted by atomic mass is 32.1. The number of thiazole rings is 1. The average Bonchev–Trinajstić information content (AvgIpc) is 3.16. The predicted molar refractivity (Wildman–Crippen MR) is 107 cm³/mol. The molecule has 1 aromatic heterocycles. The lowest BCUT2D eigenvalue weighted by molar-refractivity contribution is -0.122. The fraction of sp³-hybridized carbons (Fsp3) is 0.238. The number of hydrogen-bond donors (Lipinski definition) is 1. The van der Waals surface area contributed by atoms with E-state index in [2.05, 4.69) is 10.3 Å². The van der Waals surface area contributed by atoms with Gasteiger partial charge in [0.15, 0.2) is 0 Å². The van der Waals surface area contributed by atoms with Crippen LogP contribution in [0.5, 0.6) is 0 Å². The Labute approximate surface area is 162 Å². The van der Waals surface area contributed by atoms with Crippen molar-refractivity contribution in [1.82, 2.24) is 15.2 Å². The first-order chi connectivity index (χ1) is 13.1. The molecule has 1 heterocycles. The SMILES string of the molecule is CCN(CC(=O)NCc1ccc(F)cc1)Cc1csc(-c2ccccc2)n1. The van der Waals surface area contributed by atoms with Gasteiger partial charge in [0.2, 0.25) is 5.91 Å². The van der Waals surface area contributed by atoms with Crippen LogP contribution in [-0.2, 0) is 17.9 Å². The molecule has 2 aromatic carbocycles. The van der Waals surface area contributed by atoms with Crippen LogP contribution < -0.4 is 5.32 Å². The zero-order chi connectivity index (χ0) is 19.1. The Morgan fingerprint density at radius 3 is 2.59 bits per heavy atom. The van der Waals surface area contributed by atoms with Crippen molar-refractivity contribution in [3.8, 4) is 10.6 Å². The molecule has 0 aliphatic carbocycles. The van der Waals surface area contributed by atoms with Crippen molar-refractivity contribution in [3.63, 3.8) is 0 Å². The Bertz CT molecular complexity index is 865. The number of likely N-dealkylation sites (N-methyl/N-ethyl adjacent to an activating group) is 1. The molecule has 0 fully saturated rings. The highest BCUT2D eigenvalue weighted by Gasteiger charge is 2.12. The summed E-state index contributed by atoms with van der Waals surface area (Å²) < 4.78 is 12.9. The lowest BCUT2D eigenvalue weighted by Crippen LogP contribution is -2.36.